The Morgan fingerprint density at radius 3 is 1.12 bits per heavy atom. The summed E-state index contributed by atoms with van der Waals surface area (Å²) in [5.74, 6) is 1.63. The number of hydrogen-bond donors (Lipinski definition) is 2. The second-order valence-corrected chi connectivity index (χ2v) is 16.9. The molecule has 0 atom stereocenters. The first-order chi connectivity index (χ1) is 27.4. The zero-order valence-electron chi connectivity index (χ0n) is 31.7. The third-order valence-corrected chi connectivity index (χ3v) is 11.0. The van der Waals surface area contributed by atoms with Gasteiger partial charge in [-0.25, -0.2) is 0 Å². The van der Waals surface area contributed by atoms with Crippen molar-refractivity contribution in [3.63, 3.8) is 0 Å². The van der Waals surface area contributed by atoms with Crippen LogP contribution in [0.5, 0.6) is 11.5 Å². The Bertz CT molecular complexity index is 1910. The molecule has 0 unspecified atom stereocenters. The Morgan fingerprint density at radius 1 is 0.500 bits per heavy atom. The summed E-state index contributed by atoms with van der Waals surface area (Å²) in [6.45, 7) is 3.96. The zero-order valence-corrected chi connectivity index (χ0v) is 37.9. The van der Waals surface area contributed by atoms with Gasteiger partial charge in [0.05, 0.1) is 6.61 Å². The van der Waals surface area contributed by atoms with Crippen LogP contribution in [0.4, 0.5) is 0 Å². The lowest BCUT2D eigenvalue weighted by Gasteiger charge is -2.25. The topological polar surface area (TPSA) is 56.2 Å². The largest absolute Gasteiger partial charge is 0.508 e. The van der Waals surface area contributed by atoms with E-state index in [2.05, 4.69) is 73.0 Å². The Labute approximate surface area is 381 Å². The minimum Gasteiger partial charge on any atom is -0.508 e. The number of aliphatic hydroxyl groups excluding tert-OH is 1. The van der Waals surface area contributed by atoms with E-state index in [-0.39, 0.29) is 25.9 Å². The van der Waals surface area contributed by atoms with E-state index in [9.17, 15) is 0 Å². The molecule has 0 aliphatic heterocycles. The Kier molecular flexibility index (Phi) is 22.3. The van der Waals surface area contributed by atoms with Gasteiger partial charge in [0.25, 0.3) is 0 Å². The first kappa shape index (κ1) is 49.3. The van der Waals surface area contributed by atoms with Crippen LogP contribution in [0.15, 0.2) is 155 Å². The normalized spacial score (nSPS) is 10.8. The Balaban J connectivity index is 0.000000263. The molecule has 0 fully saturated rings. The molecular formula is C47H50Br2Cl4N2O3. The fourth-order valence-electron chi connectivity index (χ4n) is 5.85. The summed E-state index contributed by atoms with van der Waals surface area (Å²) >= 11 is 30.8. The zero-order chi connectivity index (χ0) is 41.2. The van der Waals surface area contributed by atoms with Crippen molar-refractivity contribution in [3.8, 4) is 11.5 Å². The highest BCUT2D eigenvalue weighted by Crippen LogP contribution is 2.29. The van der Waals surface area contributed by atoms with E-state index in [0.29, 0.717) is 18.9 Å². The number of likely N-dealkylation sites (N-methyl/N-ethyl adjacent to an activating group) is 2. The molecule has 0 aromatic heterocycles. The molecule has 0 aliphatic carbocycles. The molecule has 0 aliphatic rings. The number of phenols is 1. The third kappa shape index (κ3) is 17.6. The quantitative estimate of drug-likeness (QED) is 0.114. The van der Waals surface area contributed by atoms with Crippen molar-refractivity contribution in [2.45, 2.75) is 19.3 Å². The average molecular weight is 993 g/mol. The second-order valence-electron chi connectivity index (χ2n) is 13.3. The summed E-state index contributed by atoms with van der Waals surface area (Å²) in [7, 11) is 4.12. The van der Waals surface area contributed by atoms with Gasteiger partial charge in [0.15, 0.2) is 0 Å². The maximum Gasteiger partial charge on any atom is 0.119 e. The Hall–Kier alpha value is -3.08. The lowest BCUT2D eigenvalue weighted by atomic mass is 9.91. The van der Waals surface area contributed by atoms with E-state index in [1.807, 2.05) is 104 Å². The van der Waals surface area contributed by atoms with Gasteiger partial charge in [-0.05, 0) is 133 Å². The molecule has 0 saturated carbocycles. The second kappa shape index (κ2) is 26.2. The number of ether oxygens (including phenoxy) is 1. The molecule has 58 heavy (non-hydrogen) atoms. The molecule has 0 radical (unpaired) electrons. The third-order valence-electron chi connectivity index (χ3n) is 8.94. The number of aromatic hydroxyl groups is 1. The minimum atomic E-state index is 0. The molecule has 2 N–H and O–H groups in total. The number of phenolic OH excluding ortho intramolecular Hbond substituents is 1. The van der Waals surface area contributed by atoms with E-state index in [1.54, 1.807) is 24.3 Å². The molecule has 6 aromatic rings. The first-order valence-corrected chi connectivity index (χ1v) is 21.3. The highest BCUT2D eigenvalue weighted by Gasteiger charge is 2.18. The molecule has 0 bridgehead atoms. The van der Waals surface area contributed by atoms with Crippen molar-refractivity contribution in [1.82, 2.24) is 9.80 Å². The molecule has 0 heterocycles. The van der Waals surface area contributed by atoms with Gasteiger partial charge in [-0.3, -0.25) is 0 Å². The summed E-state index contributed by atoms with van der Waals surface area (Å²) < 4.78 is 7.89. The van der Waals surface area contributed by atoms with Gasteiger partial charge in [-0.2, -0.15) is 0 Å². The van der Waals surface area contributed by atoms with Gasteiger partial charge in [0.1, 0.15) is 18.1 Å². The summed E-state index contributed by atoms with van der Waals surface area (Å²) in [5, 5.41) is 20.8. The van der Waals surface area contributed by atoms with Crippen molar-refractivity contribution in [2.75, 3.05) is 53.5 Å². The fraction of sp³-hybridized carbons (Fsp3) is 0.234. The van der Waals surface area contributed by atoms with Crippen molar-refractivity contribution in [3.05, 3.63) is 197 Å². The number of benzene rings is 6. The van der Waals surface area contributed by atoms with Gasteiger partial charge in [-0.1, -0.05) is 134 Å². The molecule has 6 aromatic carbocycles. The van der Waals surface area contributed by atoms with Crippen LogP contribution in [-0.4, -0.2) is 73.5 Å². The van der Waals surface area contributed by atoms with Crippen LogP contribution >= 0.6 is 78.3 Å². The first-order valence-electron chi connectivity index (χ1n) is 18.2. The van der Waals surface area contributed by atoms with Crippen LogP contribution in [0.2, 0.25) is 20.1 Å². The van der Waals surface area contributed by atoms with Gasteiger partial charge < -0.3 is 24.7 Å². The van der Waals surface area contributed by atoms with Crippen molar-refractivity contribution in [1.29, 1.82) is 0 Å². The molecule has 0 amide bonds. The molecular weight excluding hydrogens is 942 g/mol. The molecule has 0 spiro atoms. The van der Waals surface area contributed by atoms with Crippen molar-refractivity contribution >= 4 is 78.3 Å². The fourth-order valence-corrected chi connectivity index (χ4v) is 6.89. The minimum absolute atomic E-state index is 0. The summed E-state index contributed by atoms with van der Waals surface area (Å²) in [4.78, 5) is 4.40. The summed E-state index contributed by atoms with van der Waals surface area (Å²) in [6.07, 6.45) is 0. The van der Waals surface area contributed by atoms with Crippen molar-refractivity contribution < 1.29 is 14.9 Å². The molecule has 0 saturated heterocycles. The van der Waals surface area contributed by atoms with Crippen LogP contribution in [-0.2, 0) is 0 Å². The van der Waals surface area contributed by atoms with Gasteiger partial charge in [-0.15, -0.1) is 0 Å². The average Bonchev–Trinajstić information content (AvgIpc) is 3.20. The van der Waals surface area contributed by atoms with Gasteiger partial charge >= 0.3 is 0 Å². The lowest BCUT2D eigenvalue weighted by Crippen LogP contribution is -2.29. The van der Waals surface area contributed by atoms with Crippen LogP contribution in [0, 0.1) is 0 Å². The predicted octanol–water partition coefficient (Wildman–Crippen LogP) is 13.7. The number of hydrogen-bond acceptors (Lipinski definition) is 5. The number of rotatable bonds is 14. The maximum absolute atomic E-state index is 9.09. The van der Waals surface area contributed by atoms with Crippen LogP contribution in [0.1, 0.15) is 41.5 Å². The highest BCUT2D eigenvalue weighted by atomic mass is 79.9. The van der Waals surface area contributed by atoms with Crippen molar-refractivity contribution in [2.24, 2.45) is 0 Å². The van der Waals surface area contributed by atoms with Gasteiger partial charge in [0, 0.05) is 67.1 Å². The standard InChI is InChI=1S/C23H22BrCl2NO.C17H19Cl2NO.C6H5BrO.CH4/c1-27(14-15-28-22-12-6-19(24)7-13-22)16-23(17-2-8-20(25)9-3-17)18-4-10-21(26)11-5-18;1-20(10-11-21)12-17(13-2-6-15(18)7-3-13)14-4-8-16(19)9-5-14;7-5-1-3-6(8)4-2-5;/h2-13,23H,14-16H2,1H3;2-9,17,21H,10-12H2,1H3;1-4,8H;1H4. The molecule has 308 valence electrons. The SMILES string of the molecule is C.CN(CCO)CC(c1ccc(Cl)cc1)c1ccc(Cl)cc1.CN(CCOc1ccc(Br)cc1)CC(c1ccc(Cl)cc1)c1ccc(Cl)cc1.Oc1ccc(Br)cc1. The van der Waals surface area contributed by atoms with Crippen LogP contribution in [0.3, 0.4) is 0 Å². The van der Waals surface area contributed by atoms with E-state index in [4.69, 9.17) is 61.4 Å². The van der Waals surface area contributed by atoms with Gasteiger partial charge in [0.2, 0.25) is 0 Å². The number of nitrogens with zero attached hydrogens (tertiary/aromatic N) is 2. The smallest absolute Gasteiger partial charge is 0.119 e. The van der Waals surface area contributed by atoms with E-state index in [0.717, 1.165) is 54.4 Å². The van der Waals surface area contributed by atoms with E-state index in [1.165, 1.54) is 22.3 Å². The number of aliphatic hydroxyl groups is 1. The van der Waals surface area contributed by atoms with Crippen LogP contribution < -0.4 is 4.74 Å². The molecule has 11 heteroatoms. The van der Waals surface area contributed by atoms with E-state index < -0.39 is 0 Å². The molecule has 6 rings (SSSR count). The van der Waals surface area contributed by atoms with Crippen LogP contribution in [0.25, 0.3) is 0 Å². The van der Waals surface area contributed by atoms with E-state index >= 15 is 0 Å². The lowest BCUT2D eigenvalue weighted by molar-refractivity contribution is 0.218. The number of halogens is 6. The summed E-state index contributed by atoms with van der Waals surface area (Å²) in [5.41, 5.74) is 4.86. The highest BCUT2D eigenvalue weighted by molar-refractivity contribution is 9.10. The maximum atomic E-state index is 9.09. The summed E-state index contributed by atoms with van der Waals surface area (Å²) in [6, 6.07) is 46.7. The molecule has 5 nitrogen and oxygen atoms in total. The Morgan fingerprint density at radius 2 is 0.810 bits per heavy atom. The monoisotopic (exact) mass is 988 g/mol. The predicted molar refractivity (Wildman–Crippen MR) is 254 cm³/mol.